The van der Waals surface area contributed by atoms with Gasteiger partial charge >= 0.3 is 0 Å². The Bertz CT molecular complexity index is 2570. The molecule has 1 aliphatic carbocycles. The Kier molecular flexibility index (Phi) is 12.0. The maximum atomic E-state index is 14.0. The second-order valence-electron chi connectivity index (χ2n) is 15.8. The quantitative estimate of drug-likeness (QED) is 0.138. The Morgan fingerprint density at radius 3 is 2.18 bits per heavy atom. The van der Waals surface area contributed by atoms with Gasteiger partial charge in [-0.3, -0.25) is 28.5 Å². The molecule has 19 nitrogen and oxygen atoms in total. The molecule has 2 saturated heterocycles. The minimum Gasteiger partial charge on any atom is -0.491 e. The van der Waals surface area contributed by atoms with Crippen molar-refractivity contribution in [2.75, 3.05) is 26.8 Å². The number of nitrogens with zero attached hydrogens (tertiary/aromatic N) is 10. The van der Waals surface area contributed by atoms with Crippen molar-refractivity contribution in [2.45, 2.75) is 98.1 Å². The number of rotatable bonds is 14. The number of carbonyl (C=O) groups is 4. The molecule has 4 aromatic rings. The molecular formula is C42H53N11O8. The summed E-state index contributed by atoms with van der Waals surface area (Å²) >= 11 is 0. The lowest BCUT2D eigenvalue weighted by Crippen LogP contribution is -2.45. The van der Waals surface area contributed by atoms with E-state index in [9.17, 15) is 24.3 Å². The van der Waals surface area contributed by atoms with Crippen LogP contribution in [0.15, 0.2) is 57.7 Å². The highest BCUT2D eigenvalue weighted by molar-refractivity contribution is 6.03. The van der Waals surface area contributed by atoms with Crippen molar-refractivity contribution < 1.29 is 38.5 Å². The molecule has 0 spiro atoms. The van der Waals surface area contributed by atoms with Gasteiger partial charge in [-0.1, -0.05) is 6.08 Å². The number of carbonyl (C=O) groups excluding carboxylic acids is 4. The van der Waals surface area contributed by atoms with Gasteiger partial charge in [-0.25, -0.2) is 0 Å². The third-order valence-corrected chi connectivity index (χ3v) is 11.0. The number of benzene rings is 1. The number of imidazole rings is 1. The van der Waals surface area contributed by atoms with Gasteiger partial charge in [0.25, 0.3) is 11.8 Å². The van der Waals surface area contributed by atoms with Crippen LogP contribution in [0.25, 0.3) is 11.0 Å². The monoisotopic (exact) mass is 839 g/mol. The lowest BCUT2D eigenvalue weighted by atomic mass is 9.99. The first-order chi connectivity index (χ1) is 29.1. The summed E-state index contributed by atoms with van der Waals surface area (Å²) in [6.07, 6.45) is 3.91. The number of ether oxygens (including phenoxy) is 3. The molecule has 0 bridgehead atoms. The van der Waals surface area contributed by atoms with E-state index >= 15 is 0 Å². The number of primary amides is 1. The summed E-state index contributed by atoms with van der Waals surface area (Å²) in [7, 11) is 3.54. The number of aromatic nitrogens is 6. The zero-order chi connectivity index (χ0) is 43.9. The number of likely N-dealkylation sites (N-methyl/N-ethyl adjacent to an activating group) is 1. The van der Waals surface area contributed by atoms with Crippen LogP contribution in [0.3, 0.4) is 0 Å². The molecule has 3 aromatic heterocycles. The molecule has 7 rings (SSSR count). The van der Waals surface area contributed by atoms with Gasteiger partial charge in [0.2, 0.25) is 17.5 Å². The van der Waals surface area contributed by atoms with E-state index in [0.29, 0.717) is 77.0 Å². The predicted molar refractivity (Wildman–Crippen MR) is 222 cm³/mol. The highest BCUT2D eigenvalue weighted by Gasteiger charge is 2.47. The minimum atomic E-state index is -1.07. The largest absolute Gasteiger partial charge is 0.491 e. The van der Waals surface area contributed by atoms with Crippen molar-refractivity contribution >= 4 is 41.0 Å². The van der Waals surface area contributed by atoms with Crippen LogP contribution in [-0.4, -0.2) is 124 Å². The summed E-state index contributed by atoms with van der Waals surface area (Å²) in [5, 5.41) is 18.5. The number of aldehydes is 1. The first kappa shape index (κ1) is 42.9. The van der Waals surface area contributed by atoms with Crippen LogP contribution in [0.2, 0.25) is 0 Å². The number of aryl methyl sites for hydroxylation is 5. The molecule has 2 unspecified atom stereocenters. The van der Waals surface area contributed by atoms with Crippen LogP contribution >= 0.6 is 0 Å². The van der Waals surface area contributed by atoms with Gasteiger partial charge in [-0.05, 0) is 78.3 Å². The summed E-state index contributed by atoms with van der Waals surface area (Å²) in [5.41, 5.74) is 10.5. The average Bonchev–Trinajstić information content (AvgIpc) is 4.00. The number of guanidine groups is 1. The van der Waals surface area contributed by atoms with E-state index in [-0.39, 0.29) is 43.5 Å². The summed E-state index contributed by atoms with van der Waals surface area (Å²) < 4.78 is 26.2. The van der Waals surface area contributed by atoms with Crippen molar-refractivity contribution in [3.8, 4) is 5.75 Å². The second kappa shape index (κ2) is 17.1. The zero-order valence-electron chi connectivity index (χ0n) is 35.8. The number of aliphatic hydroxyl groups is 1. The molecular weight excluding hydrogens is 787 g/mol. The molecule has 1 aromatic carbocycles. The molecule has 0 saturated carbocycles. The van der Waals surface area contributed by atoms with Crippen LogP contribution in [0, 0.1) is 13.8 Å². The van der Waals surface area contributed by atoms with Gasteiger partial charge in [0, 0.05) is 57.0 Å². The van der Waals surface area contributed by atoms with Gasteiger partial charge < -0.3 is 44.0 Å². The van der Waals surface area contributed by atoms with E-state index in [4.69, 9.17) is 19.9 Å². The van der Waals surface area contributed by atoms with Crippen LogP contribution in [-0.2, 0) is 41.0 Å². The van der Waals surface area contributed by atoms with Crippen molar-refractivity contribution in [3.05, 3.63) is 81.6 Å². The van der Waals surface area contributed by atoms with Crippen molar-refractivity contribution in [3.63, 3.8) is 0 Å². The Balaban J connectivity index is 1.35. The Labute approximate surface area is 352 Å². The molecule has 5 heterocycles. The Hall–Kier alpha value is -6.18. The van der Waals surface area contributed by atoms with Crippen LogP contribution in [0.4, 0.5) is 0 Å². The predicted octanol–water partition coefficient (Wildman–Crippen LogP) is 2.38. The van der Waals surface area contributed by atoms with Crippen LogP contribution in [0.5, 0.6) is 5.75 Å². The summed E-state index contributed by atoms with van der Waals surface area (Å²) in [5.74, 6) is -2.10. The number of amides is 3. The first-order valence-corrected chi connectivity index (χ1v) is 20.4. The van der Waals surface area contributed by atoms with E-state index in [1.54, 1.807) is 52.2 Å². The maximum Gasteiger partial charge on any atom is 0.298 e. The van der Waals surface area contributed by atoms with Crippen LogP contribution < -0.4 is 16.1 Å². The highest BCUT2D eigenvalue weighted by atomic mass is 16.8. The number of aliphatic hydroxyl groups excluding tert-OH is 1. The minimum absolute atomic E-state index is 0.0858. The van der Waals surface area contributed by atoms with E-state index in [2.05, 4.69) is 20.2 Å². The van der Waals surface area contributed by atoms with Gasteiger partial charge in [-0.2, -0.15) is 20.2 Å². The zero-order valence-corrected chi connectivity index (χ0v) is 35.8. The maximum absolute atomic E-state index is 14.0. The number of hydrogen-bond acceptors (Lipinski definition) is 10. The first-order valence-electron chi connectivity index (χ1n) is 20.4. The van der Waals surface area contributed by atoms with Gasteiger partial charge in [0.1, 0.15) is 41.1 Å². The number of nitrogens with two attached hydrogens (primary N) is 1. The SMILES string of the molecule is CCn1nc(C)cc1C(=O)/N=C1\N(C)C2=CC(C=O)=CCC2N1C[C@H]1OC(C)(C)OC1Cn1/c(=N/C(=O)c2cc(C)nn2CC)n(C)c2cc(C(N)=O)cc(OCCCO)c21. The number of fused-ring (bicyclic) bond motifs is 2. The topological polar surface area (TPSA) is 219 Å². The molecule has 19 heteroatoms. The second-order valence-corrected chi connectivity index (χ2v) is 15.8. The Morgan fingerprint density at radius 2 is 1.59 bits per heavy atom. The molecule has 61 heavy (non-hydrogen) atoms. The molecule has 2 aliphatic heterocycles. The van der Waals surface area contributed by atoms with Crippen molar-refractivity contribution in [2.24, 2.45) is 22.8 Å². The van der Waals surface area contributed by atoms with E-state index < -0.39 is 35.7 Å². The summed E-state index contributed by atoms with van der Waals surface area (Å²) in [4.78, 5) is 65.6. The highest BCUT2D eigenvalue weighted by Crippen LogP contribution is 2.37. The number of hydrogen-bond donors (Lipinski definition) is 2. The molecule has 324 valence electrons. The van der Waals surface area contributed by atoms with Crippen molar-refractivity contribution in [1.82, 2.24) is 38.5 Å². The summed E-state index contributed by atoms with van der Waals surface area (Å²) in [6, 6.07) is 6.26. The van der Waals surface area contributed by atoms with E-state index in [1.165, 1.54) is 6.07 Å². The lowest BCUT2D eigenvalue weighted by Gasteiger charge is -2.30. The number of aliphatic imine (C=N–C) groups is 1. The third-order valence-electron chi connectivity index (χ3n) is 11.0. The fraction of sp³-hybridized carbons (Fsp3) is 0.476. The molecule has 3 N–H and O–H groups in total. The fourth-order valence-electron chi connectivity index (χ4n) is 8.30. The molecule has 0 radical (unpaired) electrons. The molecule has 3 aliphatic rings. The van der Waals surface area contributed by atoms with Gasteiger partial charge in [0.15, 0.2) is 5.79 Å². The van der Waals surface area contributed by atoms with E-state index in [0.717, 1.165) is 12.0 Å². The summed E-state index contributed by atoms with van der Waals surface area (Å²) in [6.45, 7) is 12.3. The lowest BCUT2D eigenvalue weighted by molar-refractivity contribution is -0.148. The smallest absolute Gasteiger partial charge is 0.298 e. The molecule has 3 amide bonds. The number of allylic oxidation sites excluding steroid dienone is 2. The van der Waals surface area contributed by atoms with Crippen LogP contribution in [0.1, 0.15) is 83.3 Å². The van der Waals surface area contributed by atoms with Gasteiger partial charge in [0.05, 0.1) is 42.6 Å². The molecule has 2 fully saturated rings. The fourth-order valence-corrected chi connectivity index (χ4v) is 8.30. The Morgan fingerprint density at radius 1 is 0.967 bits per heavy atom. The standard InChI is InChI=1S/C42H53N11O8/c1-9-52-31(16-24(3)46-52)38(57)44-40-48(7)29-18-26(23-55)12-13-28(29)50(40)21-34-35(61-42(5,6)60-34)22-51-36-30(19-27(37(43)56)20-33(36)59-15-11-14-54)49(8)41(51)45-39(58)32-17-25(4)47-53(32)10-2/h12,16-20,23,28,34-35,54H,9-11,13-15,21-22H2,1-8H3,(H2,43,56)/b44-40+,45-41+/t28?,34-,35?/m1/s1. The third kappa shape index (κ3) is 8.32. The van der Waals surface area contributed by atoms with Crippen molar-refractivity contribution in [1.29, 1.82) is 0 Å². The molecule has 3 atom stereocenters. The average molecular weight is 840 g/mol. The van der Waals surface area contributed by atoms with E-state index in [1.807, 2.05) is 62.1 Å². The normalized spacial score (nSPS) is 20.7. The van der Waals surface area contributed by atoms with Gasteiger partial charge in [-0.15, -0.1) is 0 Å².